The monoisotopic (exact) mass is 496 g/mol. The number of hydrogen-bond acceptors (Lipinski definition) is 9. The average Bonchev–Trinajstić information content (AvgIpc) is 3.43. The summed E-state index contributed by atoms with van der Waals surface area (Å²) in [5, 5.41) is 8.92. The Morgan fingerprint density at radius 1 is 1.11 bits per heavy atom. The average molecular weight is 497 g/mol. The molecule has 1 aliphatic rings. The van der Waals surface area contributed by atoms with Crippen LogP contribution in [-0.2, 0) is 9.84 Å². The maximum absolute atomic E-state index is 12.8. The molecule has 0 N–H and O–H groups in total. The van der Waals surface area contributed by atoms with E-state index < -0.39 is 9.84 Å². The summed E-state index contributed by atoms with van der Waals surface area (Å²) in [4.78, 5) is 23.4. The summed E-state index contributed by atoms with van der Waals surface area (Å²) in [6, 6.07) is 6.42. The van der Waals surface area contributed by atoms with Crippen LogP contribution in [0.4, 0.5) is 0 Å². The van der Waals surface area contributed by atoms with Gasteiger partial charge in [0.05, 0.1) is 22.5 Å². The van der Waals surface area contributed by atoms with Crippen LogP contribution < -0.4 is 4.74 Å². The zero-order valence-corrected chi connectivity index (χ0v) is 20.3. The molecule has 11 nitrogen and oxygen atoms in total. The Balaban J connectivity index is 1.30. The number of sulfone groups is 1. The zero-order valence-electron chi connectivity index (χ0n) is 19.5. The van der Waals surface area contributed by atoms with Crippen molar-refractivity contribution >= 4 is 26.8 Å². The standard InChI is InChI=1S/C23H24N6O5S/c1-14-15(2)27-34-20(14)23(30)28-10-8-17(9-11-28)33-22-19-12-26-29(21(19)24-13-25-22)16-4-6-18(7-5-16)35(3,31)32/h4-7,12-13,17H,8-11H2,1-3H3. The van der Waals surface area contributed by atoms with Gasteiger partial charge in [-0.05, 0) is 38.1 Å². The van der Waals surface area contributed by atoms with Gasteiger partial charge in [-0.2, -0.15) is 5.10 Å². The van der Waals surface area contributed by atoms with E-state index >= 15 is 0 Å². The minimum absolute atomic E-state index is 0.118. The van der Waals surface area contributed by atoms with Gasteiger partial charge in [-0.1, -0.05) is 5.16 Å². The molecule has 12 heteroatoms. The number of amides is 1. The lowest BCUT2D eigenvalue weighted by Gasteiger charge is -2.31. The molecule has 0 spiro atoms. The van der Waals surface area contributed by atoms with Crippen LogP contribution in [-0.4, -0.2) is 69.6 Å². The number of benzene rings is 1. The third-order valence-electron chi connectivity index (χ3n) is 6.20. The molecule has 4 heterocycles. The van der Waals surface area contributed by atoms with Crippen LogP contribution in [0.2, 0.25) is 0 Å². The summed E-state index contributed by atoms with van der Waals surface area (Å²) >= 11 is 0. The van der Waals surface area contributed by atoms with Crippen molar-refractivity contribution in [2.45, 2.75) is 37.7 Å². The minimum atomic E-state index is -3.29. The van der Waals surface area contributed by atoms with Crippen LogP contribution in [0.15, 0.2) is 46.2 Å². The number of hydrogen-bond donors (Lipinski definition) is 0. The highest BCUT2D eigenvalue weighted by Gasteiger charge is 2.29. The molecule has 182 valence electrons. The molecule has 0 unspecified atom stereocenters. The number of carbonyl (C=O) groups is 1. The number of piperidine rings is 1. The molecule has 1 aromatic carbocycles. The highest BCUT2D eigenvalue weighted by atomic mass is 32.2. The first-order valence-electron chi connectivity index (χ1n) is 11.1. The van der Waals surface area contributed by atoms with E-state index in [-0.39, 0.29) is 22.7 Å². The predicted molar refractivity (Wildman–Crippen MR) is 125 cm³/mol. The first kappa shape index (κ1) is 23.0. The summed E-state index contributed by atoms with van der Waals surface area (Å²) in [7, 11) is -3.29. The number of aryl methyl sites for hydroxylation is 1. The number of aromatic nitrogens is 5. The van der Waals surface area contributed by atoms with Crippen LogP contribution in [0.3, 0.4) is 0 Å². The number of carbonyl (C=O) groups excluding carboxylic acids is 1. The minimum Gasteiger partial charge on any atom is -0.474 e. The van der Waals surface area contributed by atoms with Gasteiger partial charge in [0.15, 0.2) is 15.5 Å². The first-order chi connectivity index (χ1) is 16.7. The van der Waals surface area contributed by atoms with Crippen molar-refractivity contribution in [3.05, 3.63) is 53.8 Å². The largest absolute Gasteiger partial charge is 0.474 e. The number of ether oxygens (including phenoxy) is 1. The van der Waals surface area contributed by atoms with Gasteiger partial charge >= 0.3 is 0 Å². The van der Waals surface area contributed by atoms with Gasteiger partial charge in [0, 0.05) is 37.8 Å². The normalized spacial score (nSPS) is 15.0. The number of nitrogens with zero attached hydrogens (tertiary/aromatic N) is 6. The van der Waals surface area contributed by atoms with E-state index in [9.17, 15) is 13.2 Å². The molecule has 5 rings (SSSR count). The second kappa shape index (κ2) is 8.77. The van der Waals surface area contributed by atoms with Crippen molar-refractivity contribution in [1.82, 2.24) is 29.8 Å². The van der Waals surface area contributed by atoms with E-state index in [1.54, 1.807) is 27.9 Å². The Labute approximate surface area is 201 Å². The Hall–Kier alpha value is -3.80. The molecule has 0 atom stereocenters. The van der Waals surface area contributed by atoms with Gasteiger partial charge in [-0.15, -0.1) is 0 Å². The summed E-state index contributed by atoms with van der Waals surface area (Å²) in [5.41, 5.74) is 2.69. The lowest BCUT2D eigenvalue weighted by Crippen LogP contribution is -2.42. The summed E-state index contributed by atoms with van der Waals surface area (Å²) in [5.74, 6) is 0.547. The van der Waals surface area contributed by atoms with Crippen LogP contribution >= 0.6 is 0 Å². The molecule has 1 amide bonds. The molecule has 1 saturated heterocycles. The van der Waals surface area contributed by atoms with Crippen molar-refractivity contribution in [2.75, 3.05) is 19.3 Å². The maximum atomic E-state index is 12.8. The highest BCUT2D eigenvalue weighted by Crippen LogP contribution is 2.27. The summed E-state index contributed by atoms with van der Waals surface area (Å²) in [6.45, 7) is 4.70. The second-order valence-corrected chi connectivity index (χ2v) is 10.6. The fourth-order valence-electron chi connectivity index (χ4n) is 4.03. The Morgan fingerprint density at radius 3 is 2.46 bits per heavy atom. The third-order valence-corrected chi connectivity index (χ3v) is 7.33. The number of likely N-dealkylation sites (tertiary alicyclic amines) is 1. The van der Waals surface area contributed by atoms with Gasteiger partial charge in [-0.25, -0.2) is 23.1 Å². The molecule has 0 bridgehead atoms. The van der Waals surface area contributed by atoms with E-state index in [1.807, 2.05) is 13.8 Å². The predicted octanol–water partition coefficient (Wildman–Crippen LogP) is 2.51. The smallest absolute Gasteiger partial charge is 0.292 e. The quantitative estimate of drug-likeness (QED) is 0.408. The maximum Gasteiger partial charge on any atom is 0.292 e. The zero-order chi connectivity index (χ0) is 24.7. The molecule has 1 fully saturated rings. The van der Waals surface area contributed by atoms with Gasteiger partial charge < -0.3 is 14.2 Å². The van der Waals surface area contributed by atoms with Gasteiger partial charge in [0.25, 0.3) is 5.91 Å². The first-order valence-corrected chi connectivity index (χ1v) is 13.0. The Bertz CT molecular complexity index is 1500. The molecule has 3 aromatic heterocycles. The SMILES string of the molecule is Cc1noc(C(=O)N2CCC(Oc3ncnc4c3cnn4-c3ccc(S(C)(=O)=O)cc3)CC2)c1C. The number of fused-ring (bicyclic) bond motifs is 1. The van der Waals surface area contributed by atoms with E-state index in [1.165, 1.54) is 24.7 Å². The van der Waals surface area contributed by atoms with Gasteiger partial charge in [-0.3, -0.25) is 4.79 Å². The topological polar surface area (TPSA) is 133 Å². The Kier molecular flexibility index (Phi) is 5.75. The lowest BCUT2D eigenvalue weighted by molar-refractivity contribution is 0.0553. The lowest BCUT2D eigenvalue weighted by atomic mass is 10.1. The molecule has 4 aromatic rings. The summed E-state index contributed by atoms with van der Waals surface area (Å²) < 4.78 is 36.5. The van der Waals surface area contributed by atoms with Crippen LogP contribution in [0.1, 0.15) is 34.7 Å². The van der Waals surface area contributed by atoms with Crippen LogP contribution in [0.25, 0.3) is 16.7 Å². The van der Waals surface area contributed by atoms with E-state index in [2.05, 4.69) is 20.2 Å². The molecular formula is C23H24N6O5S. The van der Waals surface area contributed by atoms with Crippen molar-refractivity contribution in [3.63, 3.8) is 0 Å². The van der Waals surface area contributed by atoms with Crippen molar-refractivity contribution in [3.8, 4) is 11.6 Å². The summed E-state index contributed by atoms with van der Waals surface area (Å²) in [6.07, 6.45) is 5.37. The second-order valence-electron chi connectivity index (χ2n) is 8.57. The molecule has 0 aliphatic carbocycles. The van der Waals surface area contributed by atoms with Crippen LogP contribution in [0.5, 0.6) is 5.88 Å². The van der Waals surface area contributed by atoms with Crippen molar-refractivity contribution in [2.24, 2.45) is 0 Å². The molecule has 1 aliphatic heterocycles. The van der Waals surface area contributed by atoms with Crippen molar-refractivity contribution < 1.29 is 22.5 Å². The van der Waals surface area contributed by atoms with Gasteiger partial charge in [0.2, 0.25) is 11.6 Å². The third kappa shape index (κ3) is 4.36. The van der Waals surface area contributed by atoms with Crippen LogP contribution in [0, 0.1) is 13.8 Å². The number of rotatable bonds is 5. The molecular weight excluding hydrogens is 472 g/mol. The fraction of sp³-hybridized carbons (Fsp3) is 0.348. The van der Waals surface area contributed by atoms with E-state index in [0.717, 1.165) is 5.56 Å². The van der Waals surface area contributed by atoms with Gasteiger partial charge in [0.1, 0.15) is 17.8 Å². The highest BCUT2D eigenvalue weighted by molar-refractivity contribution is 7.90. The molecule has 35 heavy (non-hydrogen) atoms. The van der Waals surface area contributed by atoms with E-state index in [0.29, 0.717) is 54.2 Å². The van der Waals surface area contributed by atoms with E-state index in [4.69, 9.17) is 9.26 Å². The molecule has 0 saturated carbocycles. The van der Waals surface area contributed by atoms with Crippen molar-refractivity contribution in [1.29, 1.82) is 0 Å². The molecule has 0 radical (unpaired) electrons. The fourth-order valence-corrected chi connectivity index (χ4v) is 4.66. The Morgan fingerprint density at radius 2 is 1.83 bits per heavy atom.